The highest BCUT2D eigenvalue weighted by Crippen LogP contribution is 2.49. The first-order valence-corrected chi connectivity index (χ1v) is 13.6. The third-order valence-electron chi connectivity index (χ3n) is 9.40. The first-order valence-electron chi connectivity index (χ1n) is 13.6. The molecule has 3 aliphatic rings. The van der Waals surface area contributed by atoms with Crippen molar-refractivity contribution < 1.29 is 9.59 Å². The van der Waals surface area contributed by atoms with Crippen LogP contribution >= 0.6 is 0 Å². The number of rotatable bonds is 5. The van der Waals surface area contributed by atoms with Crippen LogP contribution in [0.15, 0.2) is 104 Å². The molecule has 5 atom stereocenters. The van der Waals surface area contributed by atoms with Gasteiger partial charge in [0.1, 0.15) is 18.7 Å². The van der Waals surface area contributed by atoms with Gasteiger partial charge in [0.25, 0.3) is 0 Å². The summed E-state index contributed by atoms with van der Waals surface area (Å²) in [5.74, 6) is 1.09. The number of nitrogens with zero attached hydrogens (tertiary/aromatic N) is 2. The van der Waals surface area contributed by atoms with Gasteiger partial charge in [-0.1, -0.05) is 72.8 Å². The molecule has 4 aromatic carbocycles. The molecule has 37 heavy (non-hydrogen) atoms. The van der Waals surface area contributed by atoms with Crippen LogP contribution in [0, 0.1) is 11.8 Å². The summed E-state index contributed by atoms with van der Waals surface area (Å²) in [6.45, 7) is 7.28. The molecular formula is C34H33N2O+. The van der Waals surface area contributed by atoms with E-state index in [0.717, 1.165) is 47.0 Å². The van der Waals surface area contributed by atoms with Crippen molar-refractivity contribution >= 4 is 32.4 Å². The van der Waals surface area contributed by atoms with Crippen molar-refractivity contribution in [2.24, 2.45) is 11.8 Å². The Morgan fingerprint density at radius 3 is 2.32 bits per heavy atom. The van der Waals surface area contributed by atoms with Crippen LogP contribution in [0.1, 0.15) is 30.1 Å². The summed E-state index contributed by atoms with van der Waals surface area (Å²) in [5, 5.41) is 18.4. The quantitative estimate of drug-likeness (QED) is 0.162. The van der Waals surface area contributed by atoms with Gasteiger partial charge >= 0.3 is 0 Å². The smallest absolute Gasteiger partial charge is 0.131 e. The molecule has 3 fully saturated rings. The number of hydrogen-bond acceptors (Lipinski definition) is 2. The zero-order chi connectivity index (χ0) is 25.0. The number of pyridine rings is 1. The number of aliphatic hydroxyl groups is 1. The summed E-state index contributed by atoms with van der Waals surface area (Å²) < 4.78 is 0.906. The van der Waals surface area contributed by atoms with E-state index in [2.05, 4.69) is 78.3 Å². The highest BCUT2D eigenvalue weighted by atomic mass is 16.3. The van der Waals surface area contributed by atoms with E-state index in [1.807, 2.05) is 30.5 Å². The molecule has 0 spiro atoms. The molecule has 3 nitrogen and oxygen atoms in total. The number of benzene rings is 4. The molecule has 3 aliphatic heterocycles. The van der Waals surface area contributed by atoms with Gasteiger partial charge in [-0.25, -0.2) is 0 Å². The largest absolute Gasteiger partial charge is 0.382 e. The van der Waals surface area contributed by atoms with Gasteiger partial charge < -0.3 is 9.59 Å². The average Bonchev–Trinajstić information content (AvgIpc) is 2.96. The van der Waals surface area contributed by atoms with Crippen molar-refractivity contribution in [1.29, 1.82) is 0 Å². The summed E-state index contributed by atoms with van der Waals surface area (Å²) in [7, 11) is 0. The molecule has 5 aromatic rings. The van der Waals surface area contributed by atoms with Crippen molar-refractivity contribution in [2.75, 3.05) is 13.1 Å². The first kappa shape index (κ1) is 22.7. The minimum atomic E-state index is -0.539. The molecule has 2 unspecified atom stereocenters. The molecule has 0 radical (unpaired) electrons. The number of piperidine rings is 3. The molecule has 3 heteroatoms. The maximum atomic E-state index is 12.1. The second-order valence-electron chi connectivity index (χ2n) is 11.2. The predicted octanol–water partition coefficient (Wildman–Crippen LogP) is 7.19. The lowest BCUT2D eigenvalue weighted by Crippen LogP contribution is -2.67. The molecular weight excluding hydrogens is 452 g/mol. The zero-order valence-electron chi connectivity index (χ0n) is 21.1. The van der Waals surface area contributed by atoms with E-state index in [-0.39, 0.29) is 6.04 Å². The highest BCUT2D eigenvalue weighted by Gasteiger charge is 2.54. The third kappa shape index (κ3) is 3.60. The van der Waals surface area contributed by atoms with Crippen molar-refractivity contribution in [2.45, 2.75) is 31.5 Å². The van der Waals surface area contributed by atoms with E-state index < -0.39 is 6.10 Å². The fraction of sp³-hybridized carbons (Fsp3) is 0.265. The number of quaternary nitrogens is 1. The fourth-order valence-electron chi connectivity index (χ4n) is 7.56. The Balaban J connectivity index is 1.39. The van der Waals surface area contributed by atoms with Gasteiger partial charge in [0.2, 0.25) is 0 Å². The van der Waals surface area contributed by atoms with Crippen LogP contribution < -0.4 is 0 Å². The second-order valence-corrected chi connectivity index (χ2v) is 11.2. The number of fused-ring (bicyclic) bond motifs is 6. The fourth-order valence-corrected chi connectivity index (χ4v) is 7.56. The van der Waals surface area contributed by atoms with E-state index in [0.29, 0.717) is 11.8 Å². The number of hydrogen-bond donors (Lipinski definition) is 1. The van der Waals surface area contributed by atoms with E-state index in [4.69, 9.17) is 0 Å². The first-order chi connectivity index (χ1) is 18.2. The van der Waals surface area contributed by atoms with Crippen molar-refractivity contribution in [3.05, 3.63) is 115 Å². The Bertz CT molecular complexity index is 1580. The van der Waals surface area contributed by atoms with Gasteiger partial charge in [-0.05, 0) is 51.2 Å². The van der Waals surface area contributed by atoms with Crippen LogP contribution in [0.25, 0.3) is 32.4 Å². The number of aliphatic hydroxyl groups excluding tert-OH is 1. The van der Waals surface area contributed by atoms with Gasteiger partial charge in [-0.2, -0.15) is 0 Å². The highest BCUT2D eigenvalue weighted by molar-refractivity contribution is 6.02. The van der Waals surface area contributed by atoms with Crippen LogP contribution in [0.4, 0.5) is 0 Å². The summed E-state index contributed by atoms with van der Waals surface area (Å²) in [6.07, 6.45) is 5.72. The Labute approximate surface area is 218 Å². The van der Waals surface area contributed by atoms with Gasteiger partial charge in [-0.15, -0.1) is 6.58 Å². The van der Waals surface area contributed by atoms with Gasteiger partial charge in [0.15, 0.2) is 0 Å². The summed E-state index contributed by atoms with van der Waals surface area (Å²) >= 11 is 0. The molecule has 1 aromatic heterocycles. The second kappa shape index (κ2) is 8.79. The third-order valence-corrected chi connectivity index (χ3v) is 9.40. The normalized spacial score (nSPS) is 26.0. The summed E-state index contributed by atoms with van der Waals surface area (Å²) in [5.41, 5.74) is 3.37. The summed E-state index contributed by atoms with van der Waals surface area (Å²) in [6, 6.07) is 30.3. The van der Waals surface area contributed by atoms with Gasteiger partial charge in [-0.3, -0.25) is 4.98 Å². The molecule has 4 heterocycles. The molecule has 3 saturated heterocycles. The topological polar surface area (TPSA) is 33.1 Å². The molecule has 1 N–H and O–H groups in total. The number of para-hydroxylation sites is 1. The summed E-state index contributed by atoms with van der Waals surface area (Å²) in [4.78, 5) is 4.57. The predicted molar refractivity (Wildman–Crippen MR) is 152 cm³/mol. The Kier molecular flexibility index (Phi) is 5.38. The minimum absolute atomic E-state index is 0.137. The Morgan fingerprint density at radius 2 is 1.59 bits per heavy atom. The molecule has 2 bridgehead atoms. The molecule has 0 amide bonds. The van der Waals surface area contributed by atoms with Crippen LogP contribution in [0.3, 0.4) is 0 Å². The van der Waals surface area contributed by atoms with Crippen molar-refractivity contribution in [3.8, 4) is 0 Å². The standard InChI is InChI=1S/C34H33N2O/c1-2-23-21-36(22-31-27-11-5-3-9-25(27)19-26-10-4-6-12-28(26)31)18-16-24(23)20-33(36)34(37)30-15-17-35-32-14-8-7-13-29(30)32/h2-15,17,19,23-24,33-34,37H,1,16,18,20-22H2/q+1/t23-,24?,33-,34+,36?/m0/s1. The zero-order valence-corrected chi connectivity index (χ0v) is 21.1. The SMILES string of the molecule is C=C[C@H]1C[N+]2(Cc3c4ccccc4cc4ccccc34)CCC1C[C@H]2[C@H](O)c1ccnc2ccccc12. The van der Waals surface area contributed by atoms with E-state index in [1.54, 1.807) is 0 Å². The Hall–Kier alpha value is -3.53. The lowest BCUT2D eigenvalue weighted by atomic mass is 9.71. The average molecular weight is 486 g/mol. The van der Waals surface area contributed by atoms with Crippen LogP contribution in [0.5, 0.6) is 0 Å². The molecule has 8 rings (SSSR count). The maximum Gasteiger partial charge on any atom is 0.131 e. The lowest BCUT2D eigenvalue weighted by Gasteiger charge is -2.58. The monoisotopic (exact) mass is 485 g/mol. The maximum absolute atomic E-state index is 12.1. The van der Waals surface area contributed by atoms with Crippen LogP contribution in [-0.2, 0) is 6.54 Å². The van der Waals surface area contributed by atoms with Crippen molar-refractivity contribution in [3.63, 3.8) is 0 Å². The van der Waals surface area contributed by atoms with Gasteiger partial charge in [0.05, 0.1) is 18.6 Å². The van der Waals surface area contributed by atoms with Crippen molar-refractivity contribution in [1.82, 2.24) is 4.98 Å². The number of aromatic nitrogens is 1. The molecule has 0 aliphatic carbocycles. The van der Waals surface area contributed by atoms with E-state index in [9.17, 15) is 5.11 Å². The van der Waals surface area contributed by atoms with E-state index in [1.165, 1.54) is 33.5 Å². The molecule has 184 valence electrons. The van der Waals surface area contributed by atoms with Crippen LogP contribution in [0.2, 0.25) is 0 Å². The Morgan fingerprint density at radius 1 is 0.919 bits per heavy atom. The minimum Gasteiger partial charge on any atom is -0.382 e. The lowest BCUT2D eigenvalue weighted by molar-refractivity contribution is -0.984. The molecule has 0 saturated carbocycles. The van der Waals surface area contributed by atoms with Gasteiger partial charge in [0, 0.05) is 35.9 Å². The van der Waals surface area contributed by atoms with Crippen LogP contribution in [-0.4, -0.2) is 33.7 Å². The van der Waals surface area contributed by atoms with E-state index >= 15 is 0 Å².